The van der Waals surface area contributed by atoms with Crippen LogP contribution in [0.15, 0.2) is 60.7 Å². The fourth-order valence-corrected chi connectivity index (χ4v) is 3.14. The minimum Gasteiger partial charge on any atom is -0.306 e. The number of rotatable bonds is 3. The molecule has 0 fully saturated rings. The fourth-order valence-electron chi connectivity index (χ4n) is 2.85. The second kappa shape index (κ2) is 6.35. The summed E-state index contributed by atoms with van der Waals surface area (Å²) in [6.07, 6.45) is 0. The Hall–Kier alpha value is -2.63. The molecule has 25 heavy (non-hydrogen) atoms. The molecule has 0 aliphatic heterocycles. The first-order valence-electron chi connectivity index (χ1n) is 7.63. The van der Waals surface area contributed by atoms with E-state index in [1.165, 1.54) is 0 Å². The van der Waals surface area contributed by atoms with Crippen LogP contribution in [0.5, 0.6) is 0 Å². The minimum atomic E-state index is 0.290. The quantitative estimate of drug-likeness (QED) is 0.591. The van der Waals surface area contributed by atoms with Gasteiger partial charge < -0.3 is 4.57 Å². The molecule has 0 saturated carbocycles. The van der Waals surface area contributed by atoms with Gasteiger partial charge in [0.2, 0.25) is 5.62 Å². The van der Waals surface area contributed by atoms with E-state index in [4.69, 9.17) is 28.6 Å². The molecule has 0 spiro atoms. The first-order valence-corrected chi connectivity index (χ1v) is 8.38. The standard InChI is InChI=1S/C18H13Cl2N5/c19-13-6-2-1-5-12(13)11-24-14-7-3-4-8-15(14)25(18(24)21)17-10-9-16(20)22-23-17/h1-10,21H,11H2. The van der Waals surface area contributed by atoms with E-state index in [0.29, 0.717) is 22.5 Å². The van der Waals surface area contributed by atoms with Crippen LogP contribution in [0.25, 0.3) is 16.9 Å². The predicted molar refractivity (Wildman–Crippen MR) is 98.3 cm³/mol. The summed E-state index contributed by atoms with van der Waals surface area (Å²) in [6.45, 7) is 0.493. The molecule has 0 aliphatic carbocycles. The molecule has 0 bridgehead atoms. The highest BCUT2D eigenvalue weighted by molar-refractivity contribution is 6.31. The van der Waals surface area contributed by atoms with Crippen LogP contribution >= 0.6 is 23.2 Å². The van der Waals surface area contributed by atoms with Gasteiger partial charge in [0.1, 0.15) is 0 Å². The summed E-state index contributed by atoms with van der Waals surface area (Å²) >= 11 is 12.1. The minimum absolute atomic E-state index is 0.290. The van der Waals surface area contributed by atoms with Crippen molar-refractivity contribution >= 4 is 34.2 Å². The average Bonchev–Trinajstić information content (AvgIpc) is 2.90. The third-order valence-corrected chi connectivity index (χ3v) is 4.58. The molecule has 2 aromatic heterocycles. The molecule has 0 atom stereocenters. The largest absolute Gasteiger partial charge is 0.306 e. The molecule has 124 valence electrons. The van der Waals surface area contributed by atoms with Gasteiger partial charge in [0.25, 0.3) is 0 Å². The second-order valence-electron chi connectivity index (χ2n) is 5.54. The highest BCUT2D eigenvalue weighted by Crippen LogP contribution is 2.20. The smallest absolute Gasteiger partial charge is 0.209 e. The maximum absolute atomic E-state index is 8.67. The van der Waals surface area contributed by atoms with Crippen LogP contribution in [-0.2, 0) is 6.54 Å². The fraction of sp³-hybridized carbons (Fsp3) is 0.0556. The molecule has 0 unspecified atom stereocenters. The number of benzene rings is 2. The van der Waals surface area contributed by atoms with Gasteiger partial charge in [-0.1, -0.05) is 53.5 Å². The highest BCUT2D eigenvalue weighted by Gasteiger charge is 2.14. The van der Waals surface area contributed by atoms with Crippen LogP contribution in [0.1, 0.15) is 5.56 Å². The molecule has 0 radical (unpaired) electrons. The lowest BCUT2D eigenvalue weighted by atomic mass is 10.2. The monoisotopic (exact) mass is 369 g/mol. The maximum atomic E-state index is 8.67. The van der Waals surface area contributed by atoms with Gasteiger partial charge in [-0.3, -0.25) is 9.98 Å². The van der Waals surface area contributed by atoms with Crippen molar-refractivity contribution in [3.63, 3.8) is 0 Å². The highest BCUT2D eigenvalue weighted by atomic mass is 35.5. The van der Waals surface area contributed by atoms with Crippen molar-refractivity contribution in [3.8, 4) is 5.82 Å². The van der Waals surface area contributed by atoms with Gasteiger partial charge in [0.15, 0.2) is 11.0 Å². The molecular weight excluding hydrogens is 357 g/mol. The van der Waals surface area contributed by atoms with Gasteiger partial charge in [-0.2, -0.15) is 0 Å². The van der Waals surface area contributed by atoms with E-state index in [2.05, 4.69) is 10.2 Å². The van der Waals surface area contributed by atoms with Gasteiger partial charge >= 0.3 is 0 Å². The van der Waals surface area contributed by atoms with E-state index in [-0.39, 0.29) is 5.62 Å². The summed E-state index contributed by atoms with van der Waals surface area (Å²) in [7, 11) is 0. The summed E-state index contributed by atoms with van der Waals surface area (Å²) < 4.78 is 3.64. The molecule has 7 heteroatoms. The zero-order valence-electron chi connectivity index (χ0n) is 13.0. The first kappa shape index (κ1) is 15.9. The van der Waals surface area contributed by atoms with E-state index in [9.17, 15) is 0 Å². The topological polar surface area (TPSA) is 59.5 Å². The maximum Gasteiger partial charge on any atom is 0.209 e. The molecule has 0 aliphatic rings. The zero-order chi connectivity index (χ0) is 17.4. The molecule has 2 aromatic carbocycles. The molecule has 1 N–H and O–H groups in total. The summed E-state index contributed by atoms with van der Waals surface area (Å²) in [5.74, 6) is 0.545. The Balaban J connectivity index is 1.94. The number of para-hydroxylation sites is 2. The summed E-state index contributed by atoms with van der Waals surface area (Å²) in [6, 6.07) is 18.9. The third-order valence-electron chi connectivity index (χ3n) is 4.01. The summed E-state index contributed by atoms with van der Waals surface area (Å²) in [5.41, 5.74) is 3.03. The van der Waals surface area contributed by atoms with Crippen LogP contribution in [0.4, 0.5) is 0 Å². The number of hydrogen-bond acceptors (Lipinski definition) is 3. The van der Waals surface area contributed by atoms with E-state index >= 15 is 0 Å². The van der Waals surface area contributed by atoms with Crippen molar-refractivity contribution in [2.75, 3.05) is 0 Å². The third kappa shape index (κ3) is 2.81. The van der Waals surface area contributed by atoms with Gasteiger partial charge in [-0.15, -0.1) is 10.2 Å². The van der Waals surface area contributed by atoms with E-state index in [1.807, 2.05) is 53.1 Å². The van der Waals surface area contributed by atoms with Crippen LogP contribution in [0, 0.1) is 5.41 Å². The van der Waals surface area contributed by atoms with Crippen molar-refractivity contribution in [2.45, 2.75) is 6.54 Å². The lowest BCUT2D eigenvalue weighted by Gasteiger charge is -2.06. The average molecular weight is 370 g/mol. The summed E-state index contributed by atoms with van der Waals surface area (Å²) in [5, 5.41) is 17.7. The Morgan fingerprint density at radius 2 is 1.56 bits per heavy atom. The van der Waals surface area contributed by atoms with Gasteiger partial charge in [-0.25, -0.2) is 0 Å². The molecule has 4 rings (SSSR count). The zero-order valence-corrected chi connectivity index (χ0v) is 14.5. The predicted octanol–water partition coefficient (Wildman–Crippen LogP) is 4.06. The van der Waals surface area contributed by atoms with Gasteiger partial charge in [-0.05, 0) is 35.9 Å². The number of hydrogen-bond donors (Lipinski definition) is 1. The van der Waals surface area contributed by atoms with E-state index in [1.54, 1.807) is 16.7 Å². The number of nitrogens with zero attached hydrogens (tertiary/aromatic N) is 4. The Labute approximate surface area is 153 Å². The molecule has 2 heterocycles. The number of aromatic nitrogens is 4. The van der Waals surface area contributed by atoms with Crippen molar-refractivity contribution in [1.29, 1.82) is 5.41 Å². The molecule has 4 aromatic rings. The van der Waals surface area contributed by atoms with Crippen molar-refractivity contribution in [3.05, 3.63) is 82.0 Å². The van der Waals surface area contributed by atoms with Gasteiger partial charge in [0.05, 0.1) is 17.6 Å². The van der Waals surface area contributed by atoms with Crippen molar-refractivity contribution in [1.82, 2.24) is 19.3 Å². The normalized spacial score (nSPS) is 11.1. The number of imidazole rings is 1. The molecule has 0 amide bonds. The Kier molecular flexibility index (Phi) is 4.03. The van der Waals surface area contributed by atoms with E-state index < -0.39 is 0 Å². The molecular formula is C18H13Cl2N5. The SMILES string of the molecule is N=c1n(Cc2ccccc2Cl)c2ccccc2n1-c1ccc(Cl)nn1. The second-order valence-corrected chi connectivity index (χ2v) is 6.33. The van der Waals surface area contributed by atoms with Crippen molar-refractivity contribution in [2.24, 2.45) is 0 Å². The Bertz CT molecular complexity index is 1110. The Morgan fingerprint density at radius 3 is 2.28 bits per heavy atom. The number of fused-ring (bicyclic) bond motifs is 1. The van der Waals surface area contributed by atoms with Crippen LogP contribution in [-0.4, -0.2) is 19.3 Å². The lowest BCUT2D eigenvalue weighted by molar-refractivity contribution is 0.714. The number of halogens is 2. The van der Waals surface area contributed by atoms with Crippen molar-refractivity contribution < 1.29 is 0 Å². The van der Waals surface area contributed by atoms with Crippen LogP contribution in [0.3, 0.4) is 0 Å². The first-order chi connectivity index (χ1) is 12.1. The molecule has 0 saturated heterocycles. The number of nitrogens with one attached hydrogen (secondary N) is 1. The summed E-state index contributed by atoms with van der Waals surface area (Å²) in [4.78, 5) is 0. The van der Waals surface area contributed by atoms with Crippen LogP contribution in [0.2, 0.25) is 10.2 Å². The van der Waals surface area contributed by atoms with Gasteiger partial charge in [0, 0.05) is 5.02 Å². The lowest BCUT2D eigenvalue weighted by Crippen LogP contribution is -2.24. The Morgan fingerprint density at radius 1 is 0.840 bits per heavy atom. The molecule has 5 nitrogen and oxygen atoms in total. The van der Waals surface area contributed by atoms with E-state index in [0.717, 1.165) is 16.6 Å². The van der Waals surface area contributed by atoms with Crippen LogP contribution < -0.4 is 5.62 Å².